The van der Waals surface area contributed by atoms with Gasteiger partial charge in [0.15, 0.2) is 11.6 Å². The van der Waals surface area contributed by atoms with Gasteiger partial charge >= 0.3 is 0 Å². The van der Waals surface area contributed by atoms with Crippen LogP contribution >= 0.6 is 0 Å². The smallest absolute Gasteiger partial charge is 0.163 e. The Bertz CT molecular complexity index is 2210. The van der Waals surface area contributed by atoms with Crippen LogP contribution in [0.25, 0.3) is 12.2 Å². The van der Waals surface area contributed by atoms with Gasteiger partial charge in [0.2, 0.25) is 0 Å². The molecule has 15 atom stereocenters. The van der Waals surface area contributed by atoms with Crippen LogP contribution in [0.5, 0.6) is 0 Å². The van der Waals surface area contributed by atoms with Gasteiger partial charge in [-0.3, -0.25) is 9.59 Å². The third-order valence-corrected chi connectivity index (χ3v) is 20.7. The summed E-state index contributed by atoms with van der Waals surface area (Å²) in [7, 11) is 1.65. The van der Waals surface area contributed by atoms with Crippen molar-refractivity contribution in [2.24, 2.45) is 67.5 Å². The van der Waals surface area contributed by atoms with Crippen molar-refractivity contribution in [1.29, 1.82) is 0 Å². The fourth-order valence-electron chi connectivity index (χ4n) is 18.4. The number of aliphatic hydroxyl groups is 5. The van der Waals surface area contributed by atoms with Crippen molar-refractivity contribution in [3.8, 4) is 11.8 Å². The van der Waals surface area contributed by atoms with E-state index in [0.29, 0.717) is 51.6 Å². The number of benzene rings is 1. The number of ketones is 2. The summed E-state index contributed by atoms with van der Waals surface area (Å²) < 4.78 is 5.28. The molecule has 5 N–H and O–H groups in total. The molecule has 1 unspecified atom stereocenters. The summed E-state index contributed by atoms with van der Waals surface area (Å²) >= 11 is 0. The molecule has 0 heterocycles. The largest absolute Gasteiger partial charge is 0.394 e. The Labute approximate surface area is 362 Å². The van der Waals surface area contributed by atoms with Crippen LogP contribution in [0.1, 0.15) is 140 Å². The predicted molar refractivity (Wildman–Crippen MR) is 233 cm³/mol. The van der Waals surface area contributed by atoms with Gasteiger partial charge in [-0.1, -0.05) is 75.5 Å². The van der Waals surface area contributed by atoms with Crippen molar-refractivity contribution >= 4 is 23.7 Å². The molecule has 0 saturated heterocycles. The summed E-state index contributed by atoms with van der Waals surface area (Å²) in [6.07, 6.45) is 15.9. The lowest BCUT2D eigenvalue weighted by atomic mass is 9.29. The topological polar surface area (TPSA) is 145 Å². The van der Waals surface area contributed by atoms with E-state index in [1.165, 1.54) is 0 Å². The fourth-order valence-corrected chi connectivity index (χ4v) is 18.4. The average Bonchev–Trinajstić information content (AvgIpc) is 3.70. The molecule has 61 heavy (non-hydrogen) atoms. The maximum absolute atomic E-state index is 16.1. The highest BCUT2D eigenvalue weighted by Gasteiger charge is 2.79. The van der Waals surface area contributed by atoms with E-state index in [-0.39, 0.29) is 46.1 Å². The van der Waals surface area contributed by atoms with E-state index in [4.69, 9.17) is 4.74 Å². The highest BCUT2D eigenvalue weighted by molar-refractivity contribution is 5.97. The van der Waals surface area contributed by atoms with Gasteiger partial charge in [-0.15, -0.1) is 5.92 Å². The second-order valence-corrected chi connectivity index (χ2v) is 22.7. The molecule has 1 aromatic carbocycles. The molecule has 6 fully saturated rings. The SMILES string of the molecule is COCCCC(=O)c1cccc2c1=C[C@@H]1CC[C@@]34CC[C@H]5[C@@](CC[C@H](O)[C@@]5(C)[C@H](O)CO)(C3C(=O)C=C3[C@H]5C[C@@]6(C)CCC#C[C@@H](O)[C@@]5([C@@H](O)C[C@]34C)C3(CCCC3)C6)[C@H]1C=2. The van der Waals surface area contributed by atoms with Gasteiger partial charge < -0.3 is 30.3 Å². The summed E-state index contributed by atoms with van der Waals surface area (Å²) in [5.74, 6) is 5.88. The lowest BCUT2D eigenvalue weighted by Crippen LogP contribution is -2.74. The van der Waals surface area contributed by atoms with E-state index in [0.717, 1.165) is 85.8 Å². The lowest BCUT2D eigenvalue weighted by molar-refractivity contribution is -0.266. The first-order valence-corrected chi connectivity index (χ1v) is 24.0. The zero-order chi connectivity index (χ0) is 43.0. The van der Waals surface area contributed by atoms with Gasteiger partial charge in [0.1, 0.15) is 6.10 Å². The predicted octanol–water partition coefficient (Wildman–Crippen LogP) is 5.81. The molecular weight excluding hydrogens is 765 g/mol. The van der Waals surface area contributed by atoms with Crippen molar-refractivity contribution in [2.75, 3.05) is 20.3 Å². The summed E-state index contributed by atoms with van der Waals surface area (Å²) in [5, 5.41) is 62.4. The molecule has 330 valence electrons. The van der Waals surface area contributed by atoms with Crippen LogP contribution in [0.4, 0.5) is 0 Å². The summed E-state index contributed by atoms with van der Waals surface area (Å²) in [4.78, 5) is 30.0. The Balaban J connectivity index is 1.19. The van der Waals surface area contributed by atoms with Crippen LogP contribution in [-0.4, -0.2) is 81.8 Å². The van der Waals surface area contributed by atoms with E-state index in [9.17, 15) is 30.3 Å². The normalized spacial score (nSPS) is 46.7. The number of hydrogen-bond acceptors (Lipinski definition) is 8. The zero-order valence-corrected chi connectivity index (χ0v) is 37.1. The first-order valence-electron chi connectivity index (χ1n) is 24.0. The second kappa shape index (κ2) is 14.4. The quantitative estimate of drug-likeness (QED) is 0.132. The highest BCUT2D eigenvalue weighted by Crippen LogP contribution is 2.82. The van der Waals surface area contributed by atoms with Gasteiger partial charge in [0.25, 0.3) is 0 Å². The Morgan fingerprint density at radius 1 is 0.951 bits per heavy atom. The van der Waals surface area contributed by atoms with Crippen LogP contribution in [0.3, 0.4) is 0 Å². The van der Waals surface area contributed by atoms with Crippen molar-refractivity contribution in [1.82, 2.24) is 0 Å². The number of carbonyl (C=O) groups excluding carboxylic acids is 2. The van der Waals surface area contributed by atoms with Crippen LogP contribution < -0.4 is 10.4 Å². The molecular formula is C53H70O8. The number of ether oxygens (including phenoxy) is 1. The zero-order valence-electron chi connectivity index (χ0n) is 37.1. The Hall–Kier alpha value is -2.64. The van der Waals surface area contributed by atoms with Crippen molar-refractivity contribution in [2.45, 2.75) is 154 Å². The van der Waals surface area contributed by atoms with Crippen LogP contribution in [0.15, 0.2) is 29.8 Å². The maximum Gasteiger partial charge on any atom is 0.163 e. The first kappa shape index (κ1) is 42.3. The Morgan fingerprint density at radius 2 is 1.72 bits per heavy atom. The number of allylic oxidation sites excluding steroid dienone is 2. The highest BCUT2D eigenvalue weighted by atomic mass is 16.5. The molecule has 8 heteroatoms. The minimum atomic E-state index is -1.17. The van der Waals surface area contributed by atoms with E-state index >= 15 is 4.79 Å². The number of fused-ring (bicyclic) bond motifs is 6. The van der Waals surface area contributed by atoms with E-state index in [1.807, 2.05) is 25.1 Å². The summed E-state index contributed by atoms with van der Waals surface area (Å²) in [5.41, 5.74) is -2.16. The molecule has 11 rings (SSSR count). The number of aliphatic hydroxyl groups excluding tert-OH is 5. The molecule has 0 aromatic heterocycles. The maximum atomic E-state index is 16.1. The van der Waals surface area contributed by atoms with E-state index in [2.05, 4.69) is 43.9 Å². The second-order valence-electron chi connectivity index (χ2n) is 22.7. The van der Waals surface area contributed by atoms with Crippen molar-refractivity contribution < 1.29 is 39.9 Å². The molecule has 0 aliphatic heterocycles. The van der Waals surface area contributed by atoms with Crippen LogP contribution in [0, 0.1) is 79.3 Å². The Kier molecular flexibility index (Phi) is 10.0. The number of rotatable bonds is 7. The van der Waals surface area contributed by atoms with Gasteiger partial charge in [-0.2, -0.15) is 0 Å². The number of hydrogen-bond donors (Lipinski definition) is 5. The number of methoxy groups -OCH3 is 1. The van der Waals surface area contributed by atoms with Crippen LogP contribution in [-0.2, 0) is 9.53 Å². The third kappa shape index (κ3) is 5.34. The van der Waals surface area contributed by atoms with Gasteiger partial charge in [0, 0.05) is 48.9 Å². The molecule has 6 saturated carbocycles. The molecule has 1 aromatic rings. The molecule has 10 aliphatic rings. The molecule has 4 bridgehead atoms. The number of carbonyl (C=O) groups is 2. The standard InChI is InChI=1S/C53H70O8/c1-47-18-6-5-14-43(58)53(50(31-47)19-7-8-20-50)38(28-47)37-27-40(56)46-51(48(37,2)29-44(53)59)21-15-33-25-35-32(11-9-12-34(35)39(55)13-10-24-61-4)26-36(33)52(46)23-17-42(57)49(3,45(60)30-54)41(52)16-22-51/h9,11-12,25-27,33,36,38,41-46,54,57-60H,6-8,10,13,15-24,28-31H2,1-4H3/t33-,36-,38+,41+,42-,43+,44-,45+,46?,47+,48+,49-,51+,52-,53-/m0/s1. The number of Topliss-reactive ketones (excluding diaryl/α,β-unsaturated/α-hetero) is 1. The monoisotopic (exact) mass is 835 g/mol. The van der Waals surface area contributed by atoms with Gasteiger partial charge in [-0.25, -0.2) is 0 Å². The Morgan fingerprint density at radius 3 is 2.48 bits per heavy atom. The van der Waals surface area contributed by atoms with E-state index < -0.39 is 64.0 Å². The van der Waals surface area contributed by atoms with E-state index in [1.54, 1.807) is 7.11 Å². The summed E-state index contributed by atoms with van der Waals surface area (Å²) in [6.45, 7) is 6.78. The lowest BCUT2D eigenvalue weighted by Gasteiger charge is -2.75. The van der Waals surface area contributed by atoms with Crippen molar-refractivity contribution in [3.05, 3.63) is 45.8 Å². The molecule has 0 radical (unpaired) electrons. The minimum absolute atomic E-state index is 0.00680. The summed E-state index contributed by atoms with van der Waals surface area (Å²) in [6, 6.07) is 6.01. The van der Waals surface area contributed by atoms with Crippen LogP contribution in [0.2, 0.25) is 0 Å². The molecule has 10 aliphatic carbocycles. The molecule has 8 nitrogen and oxygen atoms in total. The van der Waals surface area contributed by atoms with Gasteiger partial charge in [0.05, 0.1) is 24.9 Å². The average molecular weight is 835 g/mol. The molecule has 3 spiro atoms. The molecule has 0 amide bonds. The first-order chi connectivity index (χ1) is 29.1. The van der Waals surface area contributed by atoms with Gasteiger partial charge in [-0.05, 0) is 151 Å². The van der Waals surface area contributed by atoms with Crippen molar-refractivity contribution in [3.63, 3.8) is 0 Å². The fraction of sp³-hybridized carbons (Fsp3) is 0.736. The minimum Gasteiger partial charge on any atom is -0.394 e. The third-order valence-electron chi connectivity index (χ3n) is 20.7.